The number of hydrogen-bond donors (Lipinski definition) is 4. The molecule has 0 atom stereocenters. The number of anilines is 4. The molecule has 10 heterocycles. The molecule has 0 unspecified atom stereocenters. The molecule has 35 heteroatoms. The molecule has 0 radical (unpaired) electrons. The highest BCUT2D eigenvalue weighted by Crippen LogP contribution is 2.43. The minimum Gasteiger partial charge on any atom is -0.322 e. The van der Waals surface area contributed by atoms with Crippen molar-refractivity contribution in [3.05, 3.63) is 431 Å². The van der Waals surface area contributed by atoms with Gasteiger partial charge in [0, 0.05) is 116 Å². The summed E-state index contributed by atoms with van der Waals surface area (Å²) in [5, 5.41) is 23.3. The molecule has 10 aromatic carbocycles. The number of benzene rings is 10. The zero-order chi connectivity index (χ0) is 101. The lowest BCUT2D eigenvalue weighted by Crippen LogP contribution is -2.19. The van der Waals surface area contributed by atoms with Gasteiger partial charge in [0.15, 0.2) is 46.2 Å². The molecular weight excluding hydrogens is 1870 g/mol. The molecule has 714 valence electrons. The second-order valence-electron chi connectivity index (χ2n) is 32.8. The maximum atomic E-state index is 14.5. The molecule has 10 aromatic heterocycles. The van der Waals surface area contributed by atoms with Crippen LogP contribution in [-0.4, -0.2) is 81.8 Å². The van der Waals surface area contributed by atoms with Gasteiger partial charge in [0.25, 0.3) is 23.6 Å². The van der Waals surface area contributed by atoms with E-state index in [-0.39, 0.29) is 45.1 Å². The molecule has 0 bridgehead atoms. The van der Waals surface area contributed by atoms with E-state index in [4.69, 9.17) is 0 Å². The highest BCUT2D eigenvalue weighted by molar-refractivity contribution is 6.09. The van der Waals surface area contributed by atoms with Crippen LogP contribution in [0.2, 0.25) is 0 Å². The first-order valence-electron chi connectivity index (χ1n) is 43.5. The number of halogens is 15. The van der Waals surface area contributed by atoms with Gasteiger partial charge in [0.1, 0.15) is 5.65 Å². The van der Waals surface area contributed by atoms with Gasteiger partial charge < -0.3 is 21.3 Å². The standard InChI is InChI=1S/C28H18F5N3O.C27H17F5N4O.C27H20F2N4O.C26H18F3N5O/c1-16-8-11-18(12-9-16)35-27(37)20-14-17(10-13-22(20)28(31,32)33)24-6-3-7-25-21(15-34-36(24)25)19-4-2-5-23(29)26(19)30;1-15-5-8-17(9-6-15)35-26(37)20-13-16(7-10-21(20)27(30,31)32)18-11-12-34-36-23(14-33-25(18)36)19-3-2-4-22(28)24(19)29;1-16-8-10-18(11-9-16)32-27(34)21-13-23(30-14-17(21)2)19-6-4-12-33-24(15-31-26(19)33)20-5-3-7-22(28)25(20)29;1-16-4-7-19(8-5-16)33-25(35)21-13-17(6-9-22(21)26(27,28)29)20-10-12-32-34-23(15-31-24(20)34)18-3-2-11-30-14-18/h2-15H,1H3,(H,35,37);2-14H,1H3,(H,35,37);3-15H,1-2H3,(H,32,34);2-15H,1H3,(H,33,35). The molecule has 4 N–H and O–H groups in total. The van der Waals surface area contributed by atoms with Crippen LogP contribution in [0.25, 0.3) is 112 Å². The van der Waals surface area contributed by atoms with Crippen LogP contribution >= 0.6 is 0 Å². The number of carbonyl (C=O) groups is 4. The maximum absolute atomic E-state index is 14.5. The Bertz CT molecular complexity index is 8030. The molecule has 143 heavy (non-hydrogen) atoms. The fraction of sp³-hybridized carbons (Fsp3) is 0.0741. The Kier molecular flexibility index (Phi) is 27.1. The van der Waals surface area contributed by atoms with E-state index in [1.165, 1.54) is 107 Å². The van der Waals surface area contributed by atoms with Crippen molar-refractivity contribution < 1.29 is 85.0 Å². The molecule has 0 saturated heterocycles. The van der Waals surface area contributed by atoms with E-state index in [1.54, 1.807) is 155 Å². The molecule has 20 rings (SSSR count). The Morgan fingerprint density at radius 2 is 0.685 bits per heavy atom. The van der Waals surface area contributed by atoms with E-state index in [9.17, 15) is 85.0 Å². The van der Waals surface area contributed by atoms with Crippen molar-refractivity contribution in [2.45, 2.75) is 53.1 Å². The summed E-state index contributed by atoms with van der Waals surface area (Å²) in [6.07, 6.45) is 1.09. The van der Waals surface area contributed by atoms with Crippen molar-refractivity contribution in [3.63, 3.8) is 0 Å². The zero-order valence-electron chi connectivity index (χ0n) is 75.3. The minimum atomic E-state index is -4.78. The second kappa shape index (κ2) is 40.2. The van der Waals surface area contributed by atoms with Crippen LogP contribution in [0.5, 0.6) is 0 Å². The van der Waals surface area contributed by atoms with E-state index < -0.39 is 105 Å². The highest BCUT2D eigenvalue weighted by atomic mass is 19.4. The predicted octanol–water partition coefficient (Wildman–Crippen LogP) is 26.7. The number of rotatable bonds is 16. The molecule has 20 nitrogen and oxygen atoms in total. The van der Waals surface area contributed by atoms with E-state index >= 15 is 0 Å². The van der Waals surface area contributed by atoms with E-state index in [1.807, 2.05) is 71.0 Å². The van der Waals surface area contributed by atoms with Crippen molar-refractivity contribution >= 4 is 68.8 Å². The lowest BCUT2D eigenvalue weighted by atomic mass is 9.98. The number of aryl methyl sites for hydroxylation is 5. The number of pyridine rings is 4. The number of amides is 4. The molecule has 0 aliphatic rings. The van der Waals surface area contributed by atoms with Crippen molar-refractivity contribution in [1.82, 2.24) is 58.2 Å². The number of aromatic nitrogens is 12. The van der Waals surface area contributed by atoms with Gasteiger partial charge in [-0.1, -0.05) is 119 Å². The average molecular weight is 1940 g/mol. The van der Waals surface area contributed by atoms with Gasteiger partial charge in [-0.15, -0.1) is 0 Å². The van der Waals surface area contributed by atoms with Crippen LogP contribution in [-0.2, 0) is 18.5 Å². The molecule has 0 saturated carbocycles. The van der Waals surface area contributed by atoms with Crippen molar-refractivity contribution in [3.8, 4) is 89.7 Å². The predicted molar refractivity (Wildman–Crippen MR) is 511 cm³/mol. The Labute approximate surface area is 802 Å². The summed E-state index contributed by atoms with van der Waals surface area (Å²) < 4.78 is 215. The maximum Gasteiger partial charge on any atom is 0.417 e. The van der Waals surface area contributed by atoms with Crippen LogP contribution in [0.3, 0.4) is 0 Å². The van der Waals surface area contributed by atoms with Crippen molar-refractivity contribution in [2.75, 3.05) is 21.3 Å². The van der Waals surface area contributed by atoms with E-state index in [0.717, 1.165) is 81.9 Å². The molecule has 4 amide bonds. The number of alkyl halides is 9. The lowest BCUT2D eigenvalue weighted by Gasteiger charge is -2.15. The van der Waals surface area contributed by atoms with Crippen molar-refractivity contribution in [1.29, 1.82) is 0 Å². The Morgan fingerprint density at radius 3 is 1.15 bits per heavy atom. The van der Waals surface area contributed by atoms with Crippen LogP contribution in [0, 0.1) is 69.5 Å². The first-order valence-corrected chi connectivity index (χ1v) is 43.5. The van der Waals surface area contributed by atoms with Gasteiger partial charge in [-0.2, -0.15) is 54.8 Å². The fourth-order valence-electron chi connectivity index (χ4n) is 15.8. The van der Waals surface area contributed by atoms with Crippen molar-refractivity contribution in [2.24, 2.45) is 0 Å². The fourth-order valence-corrected chi connectivity index (χ4v) is 15.8. The highest BCUT2D eigenvalue weighted by Gasteiger charge is 2.39. The summed E-state index contributed by atoms with van der Waals surface area (Å²) in [7, 11) is 0. The summed E-state index contributed by atoms with van der Waals surface area (Å²) in [6, 6.07) is 66.0. The second-order valence-corrected chi connectivity index (χ2v) is 32.8. The van der Waals surface area contributed by atoms with E-state index in [0.29, 0.717) is 95.7 Å². The monoisotopic (exact) mass is 1940 g/mol. The third-order valence-electron chi connectivity index (χ3n) is 23.0. The lowest BCUT2D eigenvalue weighted by molar-refractivity contribution is -0.138. The molecular formula is C108H73F15N16O4. The number of hydrogen-bond acceptors (Lipinski definition) is 12. The summed E-state index contributed by atoms with van der Waals surface area (Å²) in [4.78, 5) is 73.6. The number of carbonyl (C=O) groups excluding carboxylic acids is 4. The third-order valence-corrected chi connectivity index (χ3v) is 23.0. The van der Waals surface area contributed by atoms with Gasteiger partial charge in [-0.3, -0.25) is 33.5 Å². The number of fused-ring (bicyclic) bond motifs is 4. The Hall–Kier alpha value is -18.1. The first-order chi connectivity index (χ1) is 68.5. The summed E-state index contributed by atoms with van der Waals surface area (Å²) in [5.41, 5.74) is 9.41. The molecule has 0 fully saturated rings. The minimum absolute atomic E-state index is 0.00210. The summed E-state index contributed by atoms with van der Waals surface area (Å²) >= 11 is 0. The smallest absolute Gasteiger partial charge is 0.322 e. The van der Waals surface area contributed by atoms with Gasteiger partial charge in [-0.25, -0.2) is 54.8 Å². The normalized spacial score (nSPS) is 11.5. The number of nitrogens with zero attached hydrogens (tertiary/aromatic N) is 12. The quantitative estimate of drug-likeness (QED) is 0.0661. The zero-order valence-corrected chi connectivity index (χ0v) is 75.3. The summed E-state index contributed by atoms with van der Waals surface area (Å²) in [6.45, 7) is 9.37. The van der Waals surface area contributed by atoms with Crippen LogP contribution in [0.1, 0.15) is 85.9 Å². The van der Waals surface area contributed by atoms with Crippen LogP contribution in [0.15, 0.2) is 329 Å². The Balaban J connectivity index is 0.000000131. The molecule has 0 aliphatic heterocycles. The average Bonchev–Trinajstić information content (AvgIpc) is 1.71. The topological polar surface area (TPSA) is 237 Å². The molecule has 0 aliphatic carbocycles. The van der Waals surface area contributed by atoms with Gasteiger partial charge in [0.2, 0.25) is 0 Å². The van der Waals surface area contributed by atoms with Crippen LogP contribution in [0.4, 0.5) is 88.6 Å². The van der Waals surface area contributed by atoms with Gasteiger partial charge in [-0.05, 0) is 221 Å². The third kappa shape index (κ3) is 20.8. The van der Waals surface area contributed by atoms with Gasteiger partial charge >= 0.3 is 18.5 Å². The van der Waals surface area contributed by atoms with E-state index in [2.05, 4.69) is 61.5 Å². The largest absolute Gasteiger partial charge is 0.417 e. The number of imidazole rings is 3. The molecule has 0 spiro atoms. The van der Waals surface area contributed by atoms with Crippen LogP contribution < -0.4 is 21.3 Å². The van der Waals surface area contributed by atoms with Gasteiger partial charge in [0.05, 0.1) is 92.2 Å². The summed E-state index contributed by atoms with van der Waals surface area (Å²) in [5.74, 6) is -8.99. The first kappa shape index (κ1) is 96.6. The SMILES string of the molecule is Cc1ccc(NC(=O)c2cc(-c3cccc4c(-c5cccc(F)c5F)cnn34)ccc2C(F)(F)F)cc1.Cc1ccc(NC(=O)c2cc(-c3cccn4c(-c5cccc(F)c5F)cnc34)ncc2C)cc1.Cc1ccc(NC(=O)c2cc(-c3ccnn4c(-c5cccc(F)c5F)cnc34)ccc2C(F)(F)F)cc1.Cc1ccc(NC(=O)c2cc(-c3ccnn4c(-c5cccnc5)cnc34)ccc2C(F)(F)F)cc1. The number of nitrogens with one attached hydrogen (secondary N) is 4. The Morgan fingerprint density at radius 1 is 0.287 bits per heavy atom. The molecule has 20 aromatic rings.